The van der Waals surface area contributed by atoms with Gasteiger partial charge in [-0.2, -0.15) is 5.06 Å². The van der Waals surface area contributed by atoms with E-state index in [4.69, 9.17) is 9.57 Å². The molecule has 1 heterocycles. The van der Waals surface area contributed by atoms with Crippen molar-refractivity contribution in [3.05, 3.63) is 71.3 Å². The number of esters is 1. The smallest absolute Gasteiger partial charge is 0.338 e. The summed E-state index contributed by atoms with van der Waals surface area (Å²) in [5, 5.41) is 2.13. The topological polar surface area (TPSA) is 38.8 Å². The van der Waals surface area contributed by atoms with Gasteiger partial charge in [-0.05, 0) is 70.2 Å². The first-order valence-electron chi connectivity index (χ1n) is 10.6. The molecule has 0 amide bonds. The predicted molar refractivity (Wildman–Crippen MR) is 113 cm³/mol. The standard InChI is InChI=1S/C25H31NO3/c1-24(2)19-14-8-9-15-20(19)25(3,4)26(24)29-22-17-11-10-16-21(22)28-23(27)18-12-6-5-7-13-18/h5-9,12-15,21-22H,10-11,16-17H2,1-4H3/t21-,22+/m0/s1. The lowest BCUT2D eigenvalue weighted by Gasteiger charge is -2.44. The van der Waals surface area contributed by atoms with Crippen molar-refractivity contribution >= 4 is 5.97 Å². The Balaban J connectivity index is 1.55. The normalized spacial score (nSPS) is 25.4. The molecule has 2 aliphatic rings. The average Bonchev–Trinajstić information content (AvgIpc) is 2.87. The zero-order valence-corrected chi connectivity index (χ0v) is 17.9. The third-order valence-corrected chi connectivity index (χ3v) is 6.41. The van der Waals surface area contributed by atoms with E-state index in [-0.39, 0.29) is 29.3 Å². The molecule has 0 unspecified atom stereocenters. The van der Waals surface area contributed by atoms with E-state index >= 15 is 0 Å². The molecule has 1 aliphatic heterocycles. The maximum Gasteiger partial charge on any atom is 0.338 e. The molecule has 154 valence electrons. The molecule has 0 aromatic heterocycles. The highest BCUT2D eigenvalue weighted by Crippen LogP contribution is 2.50. The minimum absolute atomic E-state index is 0.135. The highest BCUT2D eigenvalue weighted by Gasteiger charge is 2.51. The number of fused-ring (bicyclic) bond motifs is 1. The summed E-state index contributed by atoms with van der Waals surface area (Å²) in [6.45, 7) is 8.81. The first-order chi connectivity index (χ1) is 13.8. The highest BCUT2D eigenvalue weighted by molar-refractivity contribution is 5.89. The van der Waals surface area contributed by atoms with Crippen LogP contribution in [0.1, 0.15) is 74.9 Å². The fraction of sp³-hybridized carbons (Fsp3) is 0.480. The van der Waals surface area contributed by atoms with Crippen molar-refractivity contribution in [2.45, 2.75) is 76.7 Å². The average molecular weight is 394 g/mol. The van der Waals surface area contributed by atoms with Crippen LogP contribution in [0.4, 0.5) is 0 Å². The molecule has 0 saturated heterocycles. The quantitative estimate of drug-likeness (QED) is 0.636. The summed E-state index contributed by atoms with van der Waals surface area (Å²) < 4.78 is 5.92. The van der Waals surface area contributed by atoms with E-state index in [9.17, 15) is 4.79 Å². The van der Waals surface area contributed by atoms with Crippen molar-refractivity contribution < 1.29 is 14.4 Å². The first kappa shape index (κ1) is 20.1. The Labute approximate surface area is 173 Å². The van der Waals surface area contributed by atoms with Gasteiger partial charge in [-0.3, -0.25) is 4.84 Å². The number of hydroxylamine groups is 2. The Morgan fingerprint density at radius 3 is 1.93 bits per heavy atom. The van der Waals surface area contributed by atoms with E-state index in [1.165, 1.54) is 11.1 Å². The monoisotopic (exact) mass is 393 g/mol. The summed E-state index contributed by atoms with van der Waals surface area (Å²) >= 11 is 0. The lowest BCUT2D eigenvalue weighted by Crippen LogP contribution is -2.50. The first-order valence-corrected chi connectivity index (χ1v) is 10.6. The third-order valence-electron chi connectivity index (χ3n) is 6.41. The van der Waals surface area contributed by atoms with Crippen molar-refractivity contribution in [3.63, 3.8) is 0 Å². The number of nitrogens with zero attached hydrogens (tertiary/aromatic N) is 1. The minimum Gasteiger partial charge on any atom is -0.456 e. The van der Waals surface area contributed by atoms with Crippen molar-refractivity contribution in [2.24, 2.45) is 0 Å². The largest absolute Gasteiger partial charge is 0.456 e. The second-order valence-corrected chi connectivity index (χ2v) is 9.20. The van der Waals surface area contributed by atoms with Crippen LogP contribution in [0.5, 0.6) is 0 Å². The molecule has 0 bridgehead atoms. The molecular formula is C25H31NO3. The Morgan fingerprint density at radius 2 is 1.34 bits per heavy atom. The van der Waals surface area contributed by atoms with Gasteiger partial charge in [0.05, 0.1) is 16.6 Å². The number of carbonyl (C=O) groups excluding carboxylic acids is 1. The van der Waals surface area contributed by atoms with Crippen LogP contribution in [0.2, 0.25) is 0 Å². The van der Waals surface area contributed by atoms with Crippen LogP contribution in [0.15, 0.2) is 54.6 Å². The van der Waals surface area contributed by atoms with Gasteiger partial charge in [0.15, 0.2) is 0 Å². The molecule has 1 aliphatic carbocycles. The maximum atomic E-state index is 12.6. The summed E-state index contributed by atoms with van der Waals surface area (Å²) in [5.41, 5.74) is 2.65. The molecule has 2 aromatic rings. The van der Waals surface area contributed by atoms with Gasteiger partial charge >= 0.3 is 5.97 Å². The second kappa shape index (κ2) is 7.58. The summed E-state index contributed by atoms with van der Waals surface area (Å²) in [6, 6.07) is 17.8. The van der Waals surface area contributed by atoms with Gasteiger partial charge in [0.2, 0.25) is 0 Å². The summed E-state index contributed by atoms with van der Waals surface area (Å²) in [7, 11) is 0. The van der Waals surface area contributed by atoms with Crippen molar-refractivity contribution in [1.82, 2.24) is 5.06 Å². The lowest BCUT2D eigenvalue weighted by molar-refractivity contribution is -0.305. The molecule has 2 aromatic carbocycles. The highest BCUT2D eigenvalue weighted by atomic mass is 16.7. The predicted octanol–water partition coefficient (Wildman–Crippen LogP) is 5.57. The fourth-order valence-corrected chi connectivity index (χ4v) is 4.96. The minimum atomic E-state index is -0.269. The molecule has 0 radical (unpaired) electrons. The molecule has 29 heavy (non-hydrogen) atoms. The van der Waals surface area contributed by atoms with Crippen molar-refractivity contribution in [2.75, 3.05) is 0 Å². The number of carbonyl (C=O) groups is 1. The Bertz CT molecular complexity index is 840. The van der Waals surface area contributed by atoms with Gasteiger partial charge in [-0.1, -0.05) is 48.9 Å². The molecule has 1 saturated carbocycles. The molecule has 2 atom stereocenters. The van der Waals surface area contributed by atoms with Crippen molar-refractivity contribution in [3.8, 4) is 0 Å². The van der Waals surface area contributed by atoms with Gasteiger partial charge in [0, 0.05) is 0 Å². The molecule has 1 fully saturated rings. The third kappa shape index (κ3) is 3.60. The molecular weight excluding hydrogens is 362 g/mol. The van der Waals surface area contributed by atoms with E-state index in [2.05, 4.69) is 57.0 Å². The molecule has 4 heteroatoms. The Kier molecular flexibility index (Phi) is 5.26. The van der Waals surface area contributed by atoms with E-state index in [0.29, 0.717) is 5.56 Å². The number of ether oxygens (including phenoxy) is 1. The summed E-state index contributed by atoms with van der Waals surface area (Å²) in [5.74, 6) is -0.269. The fourth-order valence-electron chi connectivity index (χ4n) is 4.96. The van der Waals surface area contributed by atoms with E-state index in [1.807, 2.05) is 18.2 Å². The molecule has 4 nitrogen and oxygen atoms in total. The lowest BCUT2D eigenvalue weighted by atomic mass is 9.91. The van der Waals surface area contributed by atoms with Gasteiger partial charge in [0.25, 0.3) is 0 Å². The van der Waals surface area contributed by atoms with Crippen LogP contribution < -0.4 is 0 Å². The van der Waals surface area contributed by atoms with Gasteiger partial charge < -0.3 is 4.74 Å². The number of hydrogen-bond acceptors (Lipinski definition) is 4. The van der Waals surface area contributed by atoms with Crippen LogP contribution in [0, 0.1) is 0 Å². The number of rotatable bonds is 4. The number of benzene rings is 2. The van der Waals surface area contributed by atoms with Crippen LogP contribution in [-0.2, 0) is 20.7 Å². The van der Waals surface area contributed by atoms with Crippen LogP contribution in [0.3, 0.4) is 0 Å². The zero-order chi connectivity index (χ0) is 20.6. The van der Waals surface area contributed by atoms with E-state index in [1.54, 1.807) is 12.1 Å². The van der Waals surface area contributed by atoms with Crippen LogP contribution in [0.25, 0.3) is 0 Å². The summed E-state index contributed by atoms with van der Waals surface area (Å²) in [6.07, 6.45) is 3.51. The summed E-state index contributed by atoms with van der Waals surface area (Å²) in [4.78, 5) is 19.3. The number of hydrogen-bond donors (Lipinski definition) is 0. The Hall–Kier alpha value is -2.17. The van der Waals surface area contributed by atoms with Crippen LogP contribution >= 0.6 is 0 Å². The Morgan fingerprint density at radius 1 is 0.828 bits per heavy atom. The van der Waals surface area contributed by atoms with E-state index in [0.717, 1.165) is 25.7 Å². The SMILES string of the molecule is CC1(C)c2ccccc2C(C)(C)N1O[C@@H]1CCCC[C@@H]1OC(=O)c1ccccc1. The van der Waals surface area contributed by atoms with Gasteiger partial charge in [-0.25, -0.2) is 4.79 Å². The zero-order valence-electron chi connectivity index (χ0n) is 17.9. The van der Waals surface area contributed by atoms with Gasteiger partial charge in [0.1, 0.15) is 12.2 Å². The maximum absolute atomic E-state index is 12.6. The van der Waals surface area contributed by atoms with E-state index < -0.39 is 0 Å². The molecule has 0 N–H and O–H groups in total. The van der Waals surface area contributed by atoms with Gasteiger partial charge in [-0.15, -0.1) is 0 Å². The van der Waals surface area contributed by atoms with Crippen molar-refractivity contribution in [1.29, 1.82) is 0 Å². The second-order valence-electron chi connectivity index (χ2n) is 9.20. The van der Waals surface area contributed by atoms with Crippen LogP contribution in [-0.4, -0.2) is 23.2 Å². The molecule has 4 rings (SSSR count). The molecule has 0 spiro atoms.